The van der Waals surface area contributed by atoms with Gasteiger partial charge in [0.1, 0.15) is 0 Å². The molecule has 0 bridgehead atoms. The normalized spacial score (nSPS) is 16.0. The van der Waals surface area contributed by atoms with Crippen molar-refractivity contribution in [1.82, 2.24) is 19.3 Å². The minimum atomic E-state index is 0.618. The molecule has 0 aliphatic heterocycles. The summed E-state index contributed by atoms with van der Waals surface area (Å²) in [6.07, 6.45) is 14.1. The SMILES string of the molecule is c1cnn(CCCn2ccnc2NC2CCCC2)c1. The van der Waals surface area contributed by atoms with Gasteiger partial charge in [0.2, 0.25) is 5.95 Å². The fourth-order valence-electron chi connectivity index (χ4n) is 2.72. The second-order valence-corrected chi connectivity index (χ2v) is 5.19. The maximum atomic E-state index is 4.42. The zero-order valence-electron chi connectivity index (χ0n) is 11.2. The van der Waals surface area contributed by atoms with Crippen LogP contribution >= 0.6 is 0 Å². The minimum absolute atomic E-state index is 0.618. The van der Waals surface area contributed by atoms with Gasteiger partial charge in [-0.1, -0.05) is 12.8 Å². The van der Waals surface area contributed by atoms with Gasteiger partial charge in [-0.25, -0.2) is 4.98 Å². The van der Waals surface area contributed by atoms with Crippen LogP contribution in [0.1, 0.15) is 32.1 Å². The van der Waals surface area contributed by atoms with E-state index < -0.39 is 0 Å². The summed E-state index contributed by atoms with van der Waals surface area (Å²) in [5.41, 5.74) is 0. The standard InChI is InChI=1S/C14H21N5/c1-2-6-13(5-1)17-14-15-8-12-18(14)9-4-11-19-10-3-7-16-19/h3,7-8,10,12-13H,1-2,4-6,9,11H2,(H,15,17). The molecule has 0 aromatic carbocycles. The van der Waals surface area contributed by atoms with Crippen LogP contribution in [0.25, 0.3) is 0 Å². The molecule has 2 aromatic heterocycles. The van der Waals surface area contributed by atoms with Gasteiger partial charge in [-0.2, -0.15) is 5.10 Å². The van der Waals surface area contributed by atoms with Crippen molar-refractivity contribution in [3.8, 4) is 0 Å². The van der Waals surface area contributed by atoms with E-state index in [2.05, 4.69) is 26.2 Å². The lowest BCUT2D eigenvalue weighted by molar-refractivity contribution is 0.527. The van der Waals surface area contributed by atoms with Crippen molar-refractivity contribution in [3.05, 3.63) is 30.9 Å². The second kappa shape index (κ2) is 5.91. The molecule has 0 spiro atoms. The molecule has 1 aliphatic carbocycles. The summed E-state index contributed by atoms with van der Waals surface area (Å²) in [5, 5.41) is 7.78. The largest absolute Gasteiger partial charge is 0.353 e. The third-order valence-corrected chi connectivity index (χ3v) is 3.75. The molecule has 1 aliphatic rings. The molecule has 0 unspecified atom stereocenters. The predicted molar refractivity (Wildman–Crippen MR) is 74.9 cm³/mol. The Balaban J connectivity index is 1.51. The molecule has 0 radical (unpaired) electrons. The summed E-state index contributed by atoms with van der Waals surface area (Å²) >= 11 is 0. The highest BCUT2D eigenvalue weighted by atomic mass is 15.3. The smallest absolute Gasteiger partial charge is 0.202 e. The fourth-order valence-corrected chi connectivity index (χ4v) is 2.72. The zero-order valence-corrected chi connectivity index (χ0v) is 11.2. The molecule has 2 aromatic rings. The van der Waals surface area contributed by atoms with E-state index in [0.29, 0.717) is 6.04 Å². The van der Waals surface area contributed by atoms with Gasteiger partial charge in [-0.3, -0.25) is 4.68 Å². The molecule has 1 fully saturated rings. The van der Waals surface area contributed by atoms with Gasteiger partial charge in [0.25, 0.3) is 0 Å². The molecule has 0 amide bonds. The van der Waals surface area contributed by atoms with E-state index in [-0.39, 0.29) is 0 Å². The van der Waals surface area contributed by atoms with E-state index in [1.165, 1.54) is 25.7 Å². The Morgan fingerprint density at radius 1 is 1.16 bits per heavy atom. The van der Waals surface area contributed by atoms with E-state index in [1.54, 1.807) is 0 Å². The Kier molecular flexibility index (Phi) is 3.81. The molecule has 0 atom stereocenters. The highest BCUT2D eigenvalue weighted by molar-refractivity contribution is 5.27. The van der Waals surface area contributed by atoms with Crippen LogP contribution in [0.15, 0.2) is 30.9 Å². The van der Waals surface area contributed by atoms with Gasteiger partial charge in [-0.15, -0.1) is 0 Å². The average molecular weight is 259 g/mol. The molecule has 1 N–H and O–H groups in total. The van der Waals surface area contributed by atoms with Crippen molar-refractivity contribution in [2.75, 3.05) is 5.32 Å². The molecule has 102 valence electrons. The molecule has 2 heterocycles. The Morgan fingerprint density at radius 2 is 2.05 bits per heavy atom. The molecular formula is C14H21N5. The van der Waals surface area contributed by atoms with E-state index in [9.17, 15) is 0 Å². The van der Waals surface area contributed by atoms with Gasteiger partial charge >= 0.3 is 0 Å². The molecular weight excluding hydrogens is 238 g/mol. The molecule has 3 rings (SSSR count). The van der Waals surface area contributed by atoms with Gasteiger partial charge in [0.15, 0.2) is 0 Å². The van der Waals surface area contributed by atoms with E-state index in [1.807, 2.05) is 29.3 Å². The summed E-state index contributed by atoms with van der Waals surface area (Å²) in [7, 11) is 0. The number of hydrogen-bond acceptors (Lipinski definition) is 3. The lowest BCUT2D eigenvalue weighted by atomic mass is 10.2. The van der Waals surface area contributed by atoms with Gasteiger partial charge < -0.3 is 9.88 Å². The lowest BCUT2D eigenvalue weighted by Gasteiger charge is -2.14. The van der Waals surface area contributed by atoms with E-state index in [4.69, 9.17) is 0 Å². The van der Waals surface area contributed by atoms with Crippen LogP contribution in [0.3, 0.4) is 0 Å². The van der Waals surface area contributed by atoms with Crippen LogP contribution in [-0.4, -0.2) is 25.4 Å². The van der Waals surface area contributed by atoms with Crippen LogP contribution in [0.2, 0.25) is 0 Å². The average Bonchev–Trinajstić information content (AvgIpc) is 3.13. The van der Waals surface area contributed by atoms with E-state index in [0.717, 1.165) is 25.5 Å². The first-order valence-electron chi connectivity index (χ1n) is 7.17. The van der Waals surface area contributed by atoms with Crippen LogP contribution in [-0.2, 0) is 13.1 Å². The monoisotopic (exact) mass is 259 g/mol. The number of aryl methyl sites for hydroxylation is 2. The molecule has 5 heteroatoms. The quantitative estimate of drug-likeness (QED) is 0.867. The third-order valence-electron chi connectivity index (χ3n) is 3.75. The van der Waals surface area contributed by atoms with E-state index >= 15 is 0 Å². The van der Waals surface area contributed by atoms with Crippen molar-refractivity contribution < 1.29 is 0 Å². The first kappa shape index (κ1) is 12.3. The number of aromatic nitrogens is 4. The Labute approximate surface area is 113 Å². The summed E-state index contributed by atoms with van der Waals surface area (Å²) in [4.78, 5) is 4.42. The number of anilines is 1. The third kappa shape index (κ3) is 3.16. The summed E-state index contributed by atoms with van der Waals surface area (Å²) in [6, 6.07) is 2.58. The minimum Gasteiger partial charge on any atom is -0.353 e. The molecule has 19 heavy (non-hydrogen) atoms. The van der Waals surface area contributed by atoms with Crippen molar-refractivity contribution in [2.45, 2.75) is 51.2 Å². The number of imidazole rings is 1. The summed E-state index contributed by atoms with van der Waals surface area (Å²) in [6.45, 7) is 1.93. The Hall–Kier alpha value is -1.78. The van der Waals surface area contributed by atoms with Gasteiger partial charge in [-0.05, 0) is 25.3 Å². The number of nitrogens with zero attached hydrogens (tertiary/aromatic N) is 4. The summed E-state index contributed by atoms with van der Waals surface area (Å²) < 4.78 is 4.18. The highest BCUT2D eigenvalue weighted by Gasteiger charge is 2.16. The van der Waals surface area contributed by atoms with Crippen molar-refractivity contribution >= 4 is 5.95 Å². The predicted octanol–water partition coefficient (Wildman–Crippen LogP) is 2.52. The number of nitrogens with one attached hydrogen (secondary N) is 1. The van der Waals surface area contributed by atoms with Crippen LogP contribution in [0.5, 0.6) is 0 Å². The zero-order chi connectivity index (χ0) is 12.9. The van der Waals surface area contributed by atoms with Crippen LogP contribution in [0, 0.1) is 0 Å². The lowest BCUT2D eigenvalue weighted by Crippen LogP contribution is -2.18. The maximum Gasteiger partial charge on any atom is 0.202 e. The number of hydrogen-bond donors (Lipinski definition) is 1. The van der Waals surface area contributed by atoms with Crippen molar-refractivity contribution in [2.24, 2.45) is 0 Å². The molecule has 1 saturated carbocycles. The molecule has 5 nitrogen and oxygen atoms in total. The number of rotatable bonds is 6. The Morgan fingerprint density at radius 3 is 2.84 bits per heavy atom. The molecule has 0 saturated heterocycles. The Bertz CT molecular complexity index is 482. The van der Waals surface area contributed by atoms with Crippen molar-refractivity contribution in [1.29, 1.82) is 0 Å². The topological polar surface area (TPSA) is 47.7 Å². The highest BCUT2D eigenvalue weighted by Crippen LogP contribution is 2.21. The van der Waals surface area contributed by atoms with Crippen LogP contribution < -0.4 is 5.32 Å². The van der Waals surface area contributed by atoms with Gasteiger partial charge in [0.05, 0.1) is 0 Å². The maximum absolute atomic E-state index is 4.42. The van der Waals surface area contributed by atoms with Crippen LogP contribution in [0.4, 0.5) is 5.95 Å². The van der Waals surface area contributed by atoms with Crippen molar-refractivity contribution in [3.63, 3.8) is 0 Å². The first-order valence-corrected chi connectivity index (χ1v) is 7.17. The second-order valence-electron chi connectivity index (χ2n) is 5.19. The summed E-state index contributed by atoms with van der Waals surface area (Å²) in [5.74, 6) is 1.02. The fraction of sp³-hybridized carbons (Fsp3) is 0.571. The first-order chi connectivity index (χ1) is 9.42. The van der Waals surface area contributed by atoms with Gasteiger partial charge in [0, 0.05) is 43.9 Å².